The Morgan fingerprint density at radius 3 is 2.58 bits per heavy atom. The molecular formula is C18H18FN3O2. The lowest BCUT2D eigenvalue weighted by molar-refractivity contribution is -0.116. The smallest absolute Gasteiger partial charge is 0.321 e. The van der Waals surface area contributed by atoms with Crippen molar-refractivity contribution in [1.29, 1.82) is 0 Å². The number of rotatable bonds is 5. The number of anilines is 2. The minimum absolute atomic E-state index is 0.114. The fourth-order valence-electron chi connectivity index (χ4n) is 2.62. The molecule has 1 aliphatic rings. The van der Waals surface area contributed by atoms with Crippen LogP contribution in [0.5, 0.6) is 0 Å². The molecule has 1 fully saturated rings. The van der Waals surface area contributed by atoms with E-state index in [2.05, 4.69) is 10.6 Å². The van der Waals surface area contributed by atoms with Gasteiger partial charge in [0.25, 0.3) is 0 Å². The molecule has 2 aromatic rings. The molecule has 1 saturated heterocycles. The van der Waals surface area contributed by atoms with Gasteiger partial charge in [0.05, 0.1) is 0 Å². The first-order valence-corrected chi connectivity index (χ1v) is 7.82. The van der Waals surface area contributed by atoms with E-state index in [1.165, 1.54) is 6.07 Å². The minimum Gasteiger partial charge on any atom is -0.336 e. The van der Waals surface area contributed by atoms with Crippen LogP contribution in [0.3, 0.4) is 0 Å². The first kappa shape index (κ1) is 16.0. The van der Waals surface area contributed by atoms with Crippen LogP contribution in [-0.2, 0) is 11.2 Å². The number of nitrogens with zero attached hydrogens (tertiary/aromatic N) is 1. The number of nitrogens with one attached hydrogen (secondary N) is 2. The Hall–Kier alpha value is -2.89. The molecule has 0 aromatic heterocycles. The van der Waals surface area contributed by atoms with Crippen LogP contribution in [-0.4, -0.2) is 25.0 Å². The lowest BCUT2D eigenvalue weighted by Gasteiger charge is -2.14. The molecule has 1 heterocycles. The quantitative estimate of drug-likeness (QED) is 0.887. The maximum Gasteiger partial charge on any atom is 0.321 e. The molecule has 3 amide bonds. The van der Waals surface area contributed by atoms with Gasteiger partial charge in [-0.3, -0.25) is 9.69 Å². The van der Waals surface area contributed by atoms with E-state index >= 15 is 0 Å². The molecule has 0 radical (unpaired) electrons. The van der Waals surface area contributed by atoms with E-state index in [4.69, 9.17) is 0 Å². The van der Waals surface area contributed by atoms with Gasteiger partial charge in [-0.15, -0.1) is 0 Å². The maximum atomic E-state index is 13.5. The van der Waals surface area contributed by atoms with Gasteiger partial charge in [-0.25, -0.2) is 9.18 Å². The summed E-state index contributed by atoms with van der Waals surface area (Å²) in [5, 5.41) is 5.52. The lowest BCUT2D eigenvalue weighted by atomic mass is 10.1. The molecule has 0 unspecified atom stereocenters. The molecule has 0 aliphatic carbocycles. The van der Waals surface area contributed by atoms with Gasteiger partial charge in [0, 0.05) is 30.9 Å². The van der Waals surface area contributed by atoms with Gasteiger partial charge in [-0.2, -0.15) is 0 Å². The second-order valence-electron chi connectivity index (χ2n) is 5.57. The summed E-state index contributed by atoms with van der Waals surface area (Å²) in [5.74, 6) is -0.469. The lowest BCUT2D eigenvalue weighted by Crippen LogP contribution is -2.27. The molecule has 0 atom stereocenters. The SMILES string of the molecule is O=C(CCc1ccccc1F)Nc1ccc(N2CCNC2=O)cc1. The van der Waals surface area contributed by atoms with Gasteiger partial charge in [-0.1, -0.05) is 18.2 Å². The number of carbonyl (C=O) groups excluding carboxylic acids is 2. The van der Waals surface area contributed by atoms with Gasteiger partial charge in [0.1, 0.15) is 5.82 Å². The Balaban J connectivity index is 1.55. The van der Waals surface area contributed by atoms with Crippen LogP contribution < -0.4 is 15.5 Å². The van der Waals surface area contributed by atoms with Crippen molar-refractivity contribution in [3.63, 3.8) is 0 Å². The number of amides is 3. The van der Waals surface area contributed by atoms with E-state index in [-0.39, 0.29) is 24.2 Å². The zero-order valence-corrected chi connectivity index (χ0v) is 13.1. The van der Waals surface area contributed by atoms with Crippen molar-refractivity contribution in [3.8, 4) is 0 Å². The van der Waals surface area contributed by atoms with Crippen molar-refractivity contribution in [3.05, 3.63) is 59.9 Å². The Labute approximate surface area is 139 Å². The third kappa shape index (κ3) is 3.71. The summed E-state index contributed by atoms with van der Waals surface area (Å²) in [5.41, 5.74) is 1.97. The first-order chi connectivity index (χ1) is 11.6. The summed E-state index contributed by atoms with van der Waals surface area (Å²) in [6.07, 6.45) is 0.557. The number of hydrogen-bond acceptors (Lipinski definition) is 2. The third-order valence-corrected chi connectivity index (χ3v) is 3.90. The number of halogens is 1. The third-order valence-electron chi connectivity index (χ3n) is 3.90. The molecule has 5 nitrogen and oxygen atoms in total. The highest BCUT2D eigenvalue weighted by Gasteiger charge is 2.20. The molecule has 2 N–H and O–H groups in total. The normalized spacial score (nSPS) is 13.7. The van der Waals surface area contributed by atoms with Crippen molar-refractivity contribution in [2.45, 2.75) is 12.8 Å². The maximum absolute atomic E-state index is 13.5. The molecule has 6 heteroatoms. The fraction of sp³-hybridized carbons (Fsp3) is 0.222. The molecule has 2 aromatic carbocycles. The van der Waals surface area contributed by atoms with Crippen LogP contribution in [0.15, 0.2) is 48.5 Å². The van der Waals surface area contributed by atoms with Crippen molar-refractivity contribution in [1.82, 2.24) is 5.32 Å². The number of urea groups is 1. The minimum atomic E-state index is -0.293. The Kier molecular flexibility index (Phi) is 4.74. The van der Waals surface area contributed by atoms with E-state index < -0.39 is 0 Å². The number of benzene rings is 2. The number of carbonyl (C=O) groups is 2. The number of aryl methyl sites for hydroxylation is 1. The van der Waals surface area contributed by atoms with Crippen LogP contribution in [0.2, 0.25) is 0 Å². The average molecular weight is 327 g/mol. The largest absolute Gasteiger partial charge is 0.336 e. The zero-order chi connectivity index (χ0) is 16.9. The Bertz CT molecular complexity index is 746. The van der Waals surface area contributed by atoms with Crippen LogP contribution in [0.25, 0.3) is 0 Å². The van der Waals surface area contributed by atoms with Crippen LogP contribution in [0.1, 0.15) is 12.0 Å². The van der Waals surface area contributed by atoms with Gasteiger partial charge in [-0.05, 0) is 42.3 Å². The monoisotopic (exact) mass is 327 g/mol. The Morgan fingerprint density at radius 2 is 1.92 bits per heavy atom. The number of hydrogen-bond donors (Lipinski definition) is 2. The molecule has 3 rings (SSSR count). The summed E-state index contributed by atoms with van der Waals surface area (Å²) in [7, 11) is 0. The van der Waals surface area contributed by atoms with Gasteiger partial charge >= 0.3 is 6.03 Å². The second-order valence-corrected chi connectivity index (χ2v) is 5.57. The predicted octanol–water partition coefficient (Wildman–Crippen LogP) is 2.93. The first-order valence-electron chi connectivity index (χ1n) is 7.82. The van der Waals surface area contributed by atoms with E-state index in [9.17, 15) is 14.0 Å². The van der Waals surface area contributed by atoms with Crippen molar-refractivity contribution >= 4 is 23.3 Å². The summed E-state index contributed by atoms with van der Waals surface area (Å²) >= 11 is 0. The van der Waals surface area contributed by atoms with E-state index in [0.717, 1.165) is 5.69 Å². The van der Waals surface area contributed by atoms with E-state index in [0.29, 0.717) is 30.8 Å². The zero-order valence-electron chi connectivity index (χ0n) is 13.1. The van der Waals surface area contributed by atoms with Gasteiger partial charge in [0.2, 0.25) is 5.91 Å². The van der Waals surface area contributed by atoms with Gasteiger partial charge < -0.3 is 10.6 Å². The molecular weight excluding hydrogens is 309 g/mol. The Morgan fingerprint density at radius 1 is 1.17 bits per heavy atom. The van der Waals surface area contributed by atoms with Gasteiger partial charge in [0.15, 0.2) is 0 Å². The van der Waals surface area contributed by atoms with E-state index in [1.807, 2.05) is 0 Å². The predicted molar refractivity (Wildman–Crippen MR) is 90.5 cm³/mol. The summed E-state index contributed by atoms with van der Waals surface area (Å²) in [6.45, 7) is 1.26. The van der Waals surface area contributed by atoms with Crippen LogP contribution >= 0.6 is 0 Å². The molecule has 1 aliphatic heterocycles. The highest BCUT2D eigenvalue weighted by atomic mass is 19.1. The molecule has 124 valence electrons. The molecule has 24 heavy (non-hydrogen) atoms. The molecule has 0 saturated carbocycles. The molecule has 0 spiro atoms. The topological polar surface area (TPSA) is 61.4 Å². The van der Waals surface area contributed by atoms with Crippen LogP contribution in [0, 0.1) is 5.82 Å². The molecule has 0 bridgehead atoms. The second kappa shape index (κ2) is 7.12. The highest BCUT2D eigenvalue weighted by Crippen LogP contribution is 2.19. The van der Waals surface area contributed by atoms with Crippen molar-refractivity contribution < 1.29 is 14.0 Å². The summed E-state index contributed by atoms with van der Waals surface area (Å²) in [6, 6.07) is 13.4. The summed E-state index contributed by atoms with van der Waals surface area (Å²) < 4.78 is 13.5. The van der Waals surface area contributed by atoms with E-state index in [1.54, 1.807) is 47.4 Å². The highest BCUT2D eigenvalue weighted by molar-refractivity contribution is 5.95. The van der Waals surface area contributed by atoms with Crippen molar-refractivity contribution in [2.24, 2.45) is 0 Å². The summed E-state index contributed by atoms with van der Waals surface area (Å²) in [4.78, 5) is 25.2. The van der Waals surface area contributed by atoms with Crippen molar-refractivity contribution in [2.75, 3.05) is 23.3 Å². The standard InChI is InChI=1S/C18H18FN3O2/c19-16-4-2-1-3-13(16)5-10-17(23)21-14-6-8-15(9-7-14)22-12-11-20-18(22)24/h1-4,6-9H,5,10-12H2,(H,20,24)(H,21,23). The average Bonchev–Trinajstić information content (AvgIpc) is 3.01. The fourth-order valence-corrected chi connectivity index (χ4v) is 2.62. The van der Waals surface area contributed by atoms with Crippen LogP contribution in [0.4, 0.5) is 20.6 Å².